The fraction of sp³-hybridized carbons (Fsp3) is 0.500. The maximum Gasteiger partial charge on any atom is 0.255 e. The Labute approximate surface area is 123 Å². The van der Waals surface area contributed by atoms with E-state index in [1.807, 2.05) is 11.8 Å². The largest absolute Gasteiger partial charge is 0.335 e. The number of amides is 1. The molecule has 1 aliphatic heterocycles. The Morgan fingerprint density at radius 1 is 1.47 bits per heavy atom. The minimum absolute atomic E-state index is 0.0159. The van der Waals surface area contributed by atoms with Gasteiger partial charge in [0.1, 0.15) is 0 Å². The number of nitrogens with zero attached hydrogens (tertiary/aromatic N) is 1. The molecule has 1 saturated heterocycles. The molecule has 2 rings (SSSR count). The van der Waals surface area contributed by atoms with Crippen molar-refractivity contribution in [3.8, 4) is 0 Å². The molecule has 104 valence electrons. The highest BCUT2D eigenvalue weighted by Crippen LogP contribution is 2.23. The molecule has 0 spiro atoms. The first kappa shape index (κ1) is 14.6. The van der Waals surface area contributed by atoms with Gasteiger partial charge >= 0.3 is 0 Å². The molecular weight excluding hydrogens is 283 g/mol. The van der Waals surface area contributed by atoms with Gasteiger partial charge < -0.3 is 10.2 Å². The van der Waals surface area contributed by atoms with E-state index in [9.17, 15) is 4.79 Å². The Balaban J connectivity index is 2.19. The van der Waals surface area contributed by atoms with Gasteiger partial charge in [0.25, 0.3) is 5.91 Å². The van der Waals surface area contributed by atoms with Gasteiger partial charge in [0.15, 0.2) is 0 Å². The first-order chi connectivity index (χ1) is 9.13. The number of halogens is 2. The summed E-state index contributed by atoms with van der Waals surface area (Å²) in [6.07, 6.45) is 2.14. The van der Waals surface area contributed by atoms with Crippen LogP contribution in [0.25, 0.3) is 0 Å². The topological polar surface area (TPSA) is 32.3 Å². The summed E-state index contributed by atoms with van der Waals surface area (Å²) in [6.45, 7) is 4.56. The van der Waals surface area contributed by atoms with Crippen molar-refractivity contribution in [1.29, 1.82) is 0 Å². The van der Waals surface area contributed by atoms with Crippen molar-refractivity contribution in [3.05, 3.63) is 33.8 Å². The van der Waals surface area contributed by atoms with Gasteiger partial charge in [0, 0.05) is 24.2 Å². The highest BCUT2D eigenvalue weighted by molar-refractivity contribution is 6.36. The molecule has 1 aromatic rings. The first-order valence-corrected chi connectivity index (χ1v) is 7.35. The molecule has 19 heavy (non-hydrogen) atoms. The second-order valence-electron chi connectivity index (χ2n) is 4.72. The minimum Gasteiger partial charge on any atom is -0.335 e. The summed E-state index contributed by atoms with van der Waals surface area (Å²) in [4.78, 5) is 14.5. The Bertz CT molecular complexity index is 459. The smallest absolute Gasteiger partial charge is 0.255 e. The van der Waals surface area contributed by atoms with Crippen molar-refractivity contribution in [3.63, 3.8) is 0 Å². The number of likely N-dealkylation sites (N-methyl/N-ethyl adjacent to an activating group) is 1. The molecule has 1 heterocycles. The number of rotatable bonds is 3. The van der Waals surface area contributed by atoms with Gasteiger partial charge in [-0.05, 0) is 44.5 Å². The van der Waals surface area contributed by atoms with Gasteiger partial charge in [0.05, 0.1) is 10.6 Å². The normalized spacial score (nSPS) is 19.2. The van der Waals surface area contributed by atoms with Gasteiger partial charge in [-0.15, -0.1) is 0 Å². The molecule has 0 aromatic heterocycles. The third-order valence-corrected chi connectivity index (χ3v) is 4.02. The fourth-order valence-electron chi connectivity index (χ4n) is 2.48. The van der Waals surface area contributed by atoms with E-state index < -0.39 is 0 Å². The van der Waals surface area contributed by atoms with Gasteiger partial charge in [-0.25, -0.2) is 0 Å². The molecule has 0 aliphatic carbocycles. The van der Waals surface area contributed by atoms with Crippen LogP contribution in [0.1, 0.15) is 30.1 Å². The Kier molecular flexibility index (Phi) is 5.08. The van der Waals surface area contributed by atoms with Crippen LogP contribution in [0.4, 0.5) is 0 Å². The average Bonchev–Trinajstić information content (AvgIpc) is 2.40. The maximum atomic E-state index is 12.6. The highest BCUT2D eigenvalue weighted by atomic mass is 35.5. The molecule has 1 amide bonds. The molecule has 1 atom stereocenters. The van der Waals surface area contributed by atoms with Crippen molar-refractivity contribution >= 4 is 29.1 Å². The number of hydrogen-bond acceptors (Lipinski definition) is 2. The number of nitrogens with one attached hydrogen (secondary N) is 1. The van der Waals surface area contributed by atoms with Crippen LogP contribution in [-0.2, 0) is 0 Å². The van der Waals surface area contributed by atoms with Crippen molar-refractivity contribution in [2.75, 3.05) is 19.6 Å². The lowest BCUT2D eigenvalue weighted by atomic mass is 10.0. The minimum atomic E-state index is -0.0159. The molecule has 1 N–H and O–H groups in total. The molecule has 1 aliphatic rings. The molecule has 1 aromatic carbocycles. The van der Waals surface area contributed by atoms with Crippen LogP contribution in [0.3, 0.4) is 0 Å². The molecular formula is C14H18Cl2N2O. The zero-order chi connectivity index (χ0) is 13.8. The first-order valence-electron chi connectivity index (χ1n) is 6.60. The number of hydrogen-bond donors (Lipinski definition) is 1. The van der Waals surface area contributed by atoms with Crippen LogP contribution in [0.2, 0.25) is 10.0 Å². The van der Waals surface area contributed by atoms with Gasteiger partial charge in [-0.1, -0.05) is 23.2 Å². The Morgan fingerprint density at radius 3 is 2.84 bits per heavy atom. The van der Waals surface area contributed by atoms with E-state index in [4.69, 9.17) is 23.2 Å². The number of carbonyl (C=O) groups is 1. The standard InChI is InChI=1S/C14H18Cl2N2O/c1-2-18(11-4-3-7-17-9-11)14(19)12-6-5-10(15)8-13(12)16/h5-6,8,11,17H,2-4,7,9H2,1H3. The molecule has 0 radical (unpaired) electrons. The van der Waals surface area contributed by atoms with E-state index in [1.165, 1.54) is 0 Å². The fourth-order valence-corrected chi connectivity index (χ4v) is 2.97. The molecule has 0 bridgehead atoms. The van der Waals surface area contributed by atoms with Crippen molar-refractivity contribution in [1.82, 2.24) is 10.2 Å². The summed E-state index contributed by atoms with van der Waals surface area (Å²) in [5.41, 5.74) is 0.526. The van der Waals surface area contributed by atoms with Crippen LogP contribution in [0.15, 0.2) is 18.2 Å². The number of piperidine rings is 1. The lowest BCUT2D eigenvalue weighted by Gasteiger charge is -2.34. The zero-order valence-corrected chi connectivity index (χ0v) is 12.5. The second kappa shape index (κ2) is 6.60. The van der Waals surface area contributed by atoms with Gasteiger partial charge in [0.2, 0.25) is 0 Å². The molecule has 1 fully saturated rings. The zero-order valence-electron chi connectivity index (χ0n) is 11.0. The summed E-state index contributed by atoms with van der Waals surface area (Å²) in [5.74, 6) is -0.0159. The van der Waals surface area contributed by atoms with Crippen LogP contribution in [0, 0.1) is 0 Å². The monoisotopic (exact) mass is 300 g/mol. The third kappa shape index (κ3) is 3.41. The highest BCUT2D eigenvalue weighted by Gasteiger charge is 2.26. The van der Waals surface area contributed by atoms with Gasteiger partial charge in [-0.3, -0.25) is 4.79 Å². The summed E-state index contributed by atoms with van der Waals surface area (Å²) in [6, 6.07) is 5.26. The summed E-state index contributed by atoms with van der Waals surface area (Å²) in [5, 5.41) is 4.29. The van der Waals surface area contributed by atoms with E-state index in [0.29, 0.717) is 22.2 Å². The van der Waals surface area contributed by atoms with E-state index >= 15 is 0 Å². The maximum absolute atomic E-state index is 12.6. The lowest BCUT2D eigenvalue weighted by molar-refractivity contribution is 0.0662. The summed E-state index contributed by atoms with van der Waals surface area (Å²) >= 11 is 12.0. The summed E-state index contributed by atoms with van der Waals surface area (Å²) in [7, 11) is 0. The van der Waals surface area contributed by atoms with Crippen molar-refractivity contribution < 1.29 is 4.79 Å². The Morgan fingerprint density at radius 2 is 2.26 bits per heavy atom. The van der Waals surface area contributed by atoms with Gasteiger partial charge in [-0.2, -0.15) is 0 Å². The molecule has 5 heteroatoms. The quantitative estimate of drug-likeness (QED) is 0.930. The van der Waals surface area contributed by atoms with Crippen LogP contribution < -0.4 is 5.32 Å². The van der Waals surface area contributed by atoms with E-state index in [0.717, 1.165) is 25.9 Å². The van der Waals surface area contributed by atoms with Crippen LogP contribution in [0.5, 0.6) is 0 Å². The second-order valence-corrected chi connectivity index (χ2v) is 5.56. The van der Waals surface area contributed by atoms with Crippen molar-refractivity contribution in [2.24, 2.45) is 0 Å². The molecule has 1 unspecified atom stereocenters. The SMILES string of the molecule is CCN(C(=O)c1ccc(Cl)cc1Cl)C1CCCNC1. The average molecular weight is 301 g/mol. The molecule has 0 saturated carbocycles. The third-order valence-electron chi connectivity index (χ3n) is 3.47. The van der Waals surface area contributed by atoms with E-state index in [-0.39, 0.29) is 11.9 Å². The van der Waals surface area contributed by atoms with Crippen LogP contribution >= 0.6 is 23.2 Å². The number of carbonyl (C=O) groups excluding carboxylic acids is 1. The van der Waals surface area contributed by atoms with Crippen LogP contribution in [-0.4, -0.2) is 36.5 Å². The number of benzene rings is 1. The predicted octanol–water partition coefficient (Wildman–Crippen LogP) is 3.21. The Hall–Kier alpha value is -0.770. The van der Waals surface area contributed by atoms with E-state index in [2.05, 4.69) is 5.32 Å². The predicted molar refractivity (Wildman–Crippen MR) is 79.1 cm³/mol. The van der Waals surface area contributed by atoms with Crippen molar-refractivity contribution in [2.45, 2.75) is 25.8 Å². The van der Waals surface area contributed by atoms with E-state index in [1.54, 1.807) is 18.2 Å². The summed E-state index contributed by atoms with van der Waals surface area (Å²) < 4.78 is 0. The molecule has 3 nitrogen and oxygen atoms in total. The lowest BCUT2D eigenvalue weighted by Crippen LogP contribution is -2.48.